The Labute approximate surface area is 145 Å². The van der Waals surface area contributed by atoms with Crippen LogP contribution in [0.25, 0.3) is 0 Å². The first-order valence-corrected chi connectivity index (χ1v) is 9.29. The lowest BCUT2D eigenvalue weighted by Gasteiger charge is -2.40. The minimum atomic E-state index is 0.141. The highest BCUT2D eigenvalue weighted by atomic mass is 16.5. The third-order valence-corrected chi connectivity index (χ3v) is 5.31. The molecule has 0 aliphatic carbocycles. The van der Waals surface area contributed by atoms with Gasteiger partial charge in [-0.3, -0.25) is 9.78 Å². The average Bonchev–Trinajstić information content (AvgIpc) is 2.64. The van der Waals surface area contributed by atoms with Crippen molar-refractivity contribution in [3.8, 4) is 0 Å². The third-order valence-electron chi connectivity index (χ3n) is 5.31. The van der Waals surface area contributed by atoms with Crippen LogP contribution in [-0.2, 0) is 4.74 Å². The number of hydrogen-bond acceptors (Lipinski definition) is 4. The number of carbonyl (C=O) groups excluding carboxylic acids is 1. The van der Waals surface area contributed by atoms with E-state index in [2.05, 4.69) is 28.6 Å². The van der Waals surface area contributed by atoms with Crippen molar-refractivity contribution in [1.82, 2.24) is 9.88 Å². The van der Waals surface area contributed by atoms with Gasteiger partial charge in [0.1, 0.15) is 0 Å². The van der Waals surface area contributed by atoms with E-state index >= 15 is 0 Å². The zero-order valence-corrected chi connectivity index (χ0v) is 14.9. The van der Waals surface area contributed by atoms with Gasteiger partial charge in [0.2, 0.25) is 0 Å². The summed E-state index contributed by atoms with van der Waals surface area (Å²) < 4.78 is 5.41. The van der Waals surface area contributed by atoms with Gasteiger partial charge in [0, 0.05) is 31.9 Å². The maximum absolute atomic E-state index is 13.1. The Morgan fingerprint density at radius 2 is 2.08 bits per heavy atom. The molecule has 0 radical (unpaired) electrons. The van der Waals surface area contributed by atoms with E-state index in [4.69, 9.17) is 4.74 Å². The number of rotatable bonds is 4. The fraction of sp³-hybridized carbons (Fsp3) is 0.684. The Kier molecular flexibility index (Phi) is 5.72. The van der Waals surface area contributed by atoms with Crippen LogP contribution in [0, 0.1) is 5.92 Å². The fourth-order valence-electron chi connectivity index (χ4n) is 3.94. The molecule has 0 saturated carbocycles. The van der Waals surface area contributed by atoms with Crippen LogP contribution in [0.3, 0.4) is 0 Å². The number of morpholine rings is 1. The van der Waals surface area contributed by atoms with Crippen LogP contribution in [0.5, 0.6) is 0 Å². The number of nitrogens with zero attached hydrogens (tertiary/aromatic N) is 3. The molecule has 2 atom stereocenters. The van der Waals surface area contributed by atoms with E-state index in [0.29, 0.717) is 17.5 Å². The molecule has 0 spiro atoms. The topological polar surface area (TPSA) is 45.7 Å². The second-order valence-electron chi connectivity index (χ2n) is 7.01. The maximum atomic E-state index is 13.1. The Balaban J connectivity index is 1.78. The number of hydrogen-bond donors (Lipinski definition) is 0. The Morgan fingerprint density at radius 3 is 2.83 bits per heavy atom. The second-order valence-corrected chi connectivity index (χ2v) is 7.01. The van der Waals surface area contributed by atoms with Gasteiger partial charge >= 0.3 is 0 Å². The lowest BCUT2D eigenvalue weighted by atomic mass is 9.87. The predicted molar refractivity (Wildman–Crippen MR) is 95.4 cm³/mol. The highest BCUT2D eigenvalue weighted by Gasteiger charge is 2.32. The van der Waals surface area contributed by atoms with Gasteiger partial charge < -0.3 is 14.5 Å². The van der Waals surface area contributed by atoms with E-state index in [9.17, 15) is 4.79 Å². The van der Waals surface area contributed by atoms with E-state index in [1.54, 1.807) is 6.20 Å². The van der Waals surface area contributed by atoms with E-state index in [0.717, 1.165) is 57.8 Å². The van der Waals surface area contributed by atoms with Crippen molar-refractivity contribution >= 4 is 11.6 Å². The van der Waals surface area contributed by atoms with Crippen LogP contribution in [0.4, 0.5) is 5.69 Å². The van der Waals surface area contributed by atoms with Crippen molar-refractivity contribution < 1.29 is 9.53 Å². The summed E-state index contributed by atoms with van der Waals surface area (Å²) in [5.74, 6) is 0.723. The summed E-state index contributed by atoms with van der Waals surface area (Å²) in [7, 11) is 0. The predicted octanol–water partition coefficient (Wildman–Crippen LogP) is 2.96. The molecule has 2 fully saturated rings. The van der Waals surface area contributed by atoms with Crippen molar-refractivity contribution in [3.63, 3.8) is 0 Å². The summed E-state index contributed by atoms with van der Waals surface area (Å²) in [5, 5.41) is 0. The van der Waals surface area contributed by atoms with Crippen molar-refractivity contribution in [1.29, 1.82) is 0 Å². The number of piperidine rings is 1. The van der Waals surface area contributed by atoms with Gasteiger partial charge in [0.15, 0.2) is 0 Å². The molecule has 1 amide bonds. The molecule has 0 aromatic carbocycles. The smallest absolute Gasteiger partial charge is 0.255 e. The summed E-state index contributed by atoms with van der Waals surface area (Å²) in [6, 6.07) is 2.37. The molecule has 2 aliphatic rings. The molecule has 2 aliphatic heterocycles. The third kappa shape index (κ3) is 3.72. The maximum Gasteiger partial charge on any atom is 0.255 e. The molecule has 5 heteroatoms. The molecule has 5 nitrogen and oxygen atoms in total. The first kappa shape index (κ1) is 17.2. The number of likely N-dealkylation sites (tertiary alicyclic amines) is 1. The number of pyridine rings is 1. The highest BCUT2D eigenvalue weighted by Crippen LogP contribution is 2.28. The number of carbonyl (C=O) groups is 1. The van der Waals surface area contributed by atoms with Crippen LogP contribution >= 0.6 is 0 Å². The molecule has 132 valence electrons. The molecular weight excluding hydrogens is 302 g/mol. The summed E-state index contributed by atoms with van der Waals surface area (Å²) in [4.78, 5) is 21.8. The molecule has 3 heterocycles. The monoisotopic (exact) mass is 331 g/mol. The van der Waals surface area contributed by atoms with E-state index in [1.165, 1.54) is 6.42 Å². The van der Waals surface area contributed by atoms with Gasteiger partial charge in [-0.1, -0.05) is 20.3 Å². The Hall–Kier alpha value is -1.62. The zero-order chi connectivity index (χ0) is 16.9. The van der Waals surface area contributed by atoms with Gasteiger partial charge in [-0.2, -0.15) is 0 Å². The summed E-state index contributed by atoms with van der Waals surface area (Å²) in [6.45, 7) is 8.54. The van der Waals surface area contributed by atoms with Gasteiger partial charge in [-0.25, -0.2) is 0 Å². The van der Waals surface area contributed by atoms with Gasteiger partial charge in [0.05, 0.1) is 30.7 Å². The van der Waals surface area contributed by atoms with Crippen molar-refractivity contribution in [2.24, 2.45) is 5.92 Å². The number of anilines is 1. The Morgan fingerprint density at radius 1 is 1.29 bits per heavy atom. The van der Waals surface area contributed by atoms with Crippen molar-refractivity contribution in [2.45, 2.75) is 45.6 Å². The summed E-state index contributed by atoms with van der Waals surface area (Å²) >= 11 is 0. The SMILES string of the molecule is CCC[C@@H]1[C@@H](C)CCCN1C(=O)c1cncc(N2CCOCC2)c1. The fourth-order valence-corrected chi connectivity index (χ4v) is 3.94. The molecule has 0 unspecified atom stereocenters. The van der Waals surface area contributed by atoms with Gasteiger partial charge in [0.25, 0.3) is 5.91 Å². The van der Waals surface area contributed by atoms with Crippen LogP contribution in [0.2, 0.25) is 0 Å². The van der Waals surface area contributed by atoms with Crippen LogP contribution in [-0.4, -0.2) is 54.7 Å². The van der Waals surface area contributed by atoms with E-state index < -0.39 is 0 Å². The first-order chi connectivity index (χ1) is 11.7. The molecule has 0 bridgehead atoms. The highest BCUT2D eigenvalue weighted by molar-refractivity contribution is 5.95. The van der Waals surface area contributed by atoms with Gasteiger partial charge in [-0.15, -0.1) is 0 Å². The van der Waals surface area contributed by atoms with Crippen LogP contribution in [0.15, 0.2) is 18.5 Å². The average molecular weight is 331 g/mol. The minimum Gasteiger partial charge on any atom is -0.378 e. The van der Waals surface area contributed by atoms with E-state index in [1.807, 2.05) is 12.3 Å². The van der Waals surface area contributed by atoms with Crippen LogP contribution in [0.1, 0.15) is 49.9 Å². The minimum absolute atomic E-state index is 0.141. The quantitative estimate of drug-likeness (QED) is 0.851. The largest absolute Gasteiger partial charge is 0.378 e. The lowest BCUT2D eigenvalue weighted by molar-refractivity contribution is 0.0497. The standard InChI is InChI=1S/C19H29N3O2/c1-3-5-18-15(2)6-4-7-22(18)19(23)16-12-17(14-20-13-16)21-8-10-24-11-9-21/h12-15,18H,3-11H2,1-2H3/t15-,18+/m0/s1. The van der Waals surface area contributed by atoms with Gasteiger partial charge in [-0.05, 0) is 31.2 Å². The molecule has 3 rings (SSSR count). The number of ether oxygens (including phenoxy) is 1. The van der Waals surface area contributed by atoms with Crippen molar-refractivity contribution in [3.05, 3.63) is 24.0 Å². The lowest BCUT2D eigenvalue weighted by Crippen LogP contribution is -2.47. The summed E-state index contributed by atoms with van der Waals surface area (Å²) in [5.41, 5.74) is 1.75. The molecular formula is C19H29N3O2. The number of aromatic nitrogens is 1. The van der Waals surface area contributed by atoms with Crippen molar-refractivity contribution in [2.75, 3.05) is 37.7 Å². The zero-order valence-electron chi connectivity index (χ0n) is 14.9. The normalized spacial score (nSPS) is 24.9. The molecule has 2 saturated heterocycles. The first-order valence-electron chi connectivity index (χ1n) is 9.29. The summed E-state index contributed by atoms with van der Waals surface area (Å²) in [6.07, 6.45) is 8.09. The molecule has 1 aromatic rings. The second kappa shape index (κ2) is 7.97. The molecule has 24 heavy (non-hydrogen) atoms. The Bertz CT molecular complexity index is 557. The molecule has 0 N–H and O–H groups in total. The van der Waals surface area contributed by atoms with Crippen LogP contribution < -0.4 is 4.90 Å². The molecule has 1 aromatic heterocycles. The van der Waals surface area contributed by atoms with E-state index in [-0.39, 0.29) is 5.91 Å². The number of amides is 1.